The van der Waals surface area contributed by atoms with Crippen LogP contribution in [0.5, 0.6) is 5.75 Å². The molecule has 0 saturated carbocycles. The predicted octanol–water partition coefficient (Wildman–Crippen LogP) is 5.33. The van der Waals surface area contributed by atoms with Crippen molar-refractivity contribution in [3.63, 3.8) is 0 Å². The molecule has 0 N–H and O–H groups in total. The molecular weight excluding hydrogens is 370 g/mol. The van der Waals surface area contributed by atoms with Crippen LogP contribution in [0.25, 0.3) is 11.1 Å². The lowest BCUT2D eigenvalue weighted by atomic mass is 9.82. The van der Waals surface area contributed by atoms with Crippen molar-refractivity contribution in [2.75, 3.05) is 7.11 Å². The van der Waals surface area contributed by atoms with Crippen LogP contribution in [0.15, 0.2) is 53.3 Å². The van der Waals surface area contributed by atoms with Crippen molar-refractivity contribution in [3.8, 4) is 16.9 Å². The Morgan fingerprint density at radius 3 is 2.40 bits per heavy atom. The topological polar surface area (TPSA) is 31.2 Å². The molecule has 0 radical (unpaired) electrons. The minimum atomic E-state index is 0.102. The van der Waals surface area contributed by atoms with Gasteiger partial charge in [-0.1, -0.05) is 36.4 Å². The van der Waals surface area contributed by atoms with Gasteiger partial charge in [0.1, 0.15) is 5.75 Å². The van der Waals surface area contributed by atoms with Gasteiger partial charge in [0.15, 0.2) is 0 Å². The Morgan fingerprint density at radius 1 is 0.867 bits per heavy atom. The number of aryl methyl sites for hydroxylation is 1. The molecule has 2 aromatic carbocycles. The maximum Gasteiger partial charge on any atom is 0.251 e. The van der Waals surface area contributed by atoms with Crippen LogP contribution < -0.4 is 10.3 Å². The monoisotopic (exact) mass is 399 g/mol. The fraction of sp³-hybridized carbons (Fsp3) is 0.370. The van der Waals surface area contributed by atoms with Crippen LogP contribution >= 0.6 is 0 Å². The van der Waals surface area contributed by atoms with E-state index in [1.165, 1.54) is 52.8 Å². The highest BCUT2D eigenvalue weighted by Gasteiger charge is 2.25. The summed E-state index contributed by atoms with van der Waals surface area (Å²) in [6, 6.07) is 16.5. The Bertz CT molecular complexity index is 1130. The number of nitrogens with zero attached hydrogens (tertiary/aromatic N) is 1. The van der Waals surface area contributed by atoms with Crippen LogP contribution in [-0.4, -0.2) is 11.7 Å². The van der Waals surface area contributed by atoms with Crippen molar-refractivity contribution in [1.82, 2.24) is 4.57 Å². The Labute approximate surface area is 178 Å². The van der Waals surface area contributed by atoms with E-state index in [-0.39, 0.29) is 5.56 Å². The summed E-state index contributed by atoms with van der Waals surface area (Å²) in [7, 11) is 1.75. The second-order valence-electron chi connectivity index (χ2n) is 8.59. The van der Waals surface area contributed by atoms with Crippen LogP contribution in [0.4, 0.5) is 0 Å². The first-order valence-electron chi connectivity index (χ1n) is 11.2. The van der Waals surface area contributed by atoms with E-state index in [0.717, 1.165) is 43.4 Å². The lowest BCUT2D eigenvalue weighted by molar-refractivity contribution is 0.415. The maximum absolute atomic E-state index is 13.4. The number of fused-ring (bicyclic) bond motifs is 2. The molecule has 0 atom stereocenters. The summed E-state index contributed by atoms with van der Waals surface area (Å²) >= 11 is 0. The molecule has 3 nitrogen and oxygen atoms in total. The molecule has 2 aliphatic carbocycles. The minimum absolute atomic E-state index is 0.102. The SMILES string of the molecule is COc1ccc2c(c1-c1cc(=O)n(Cc3ccccc3)c3c1CCCC3)CCCC2. The van der Waals surface area contributed by atoms with Crippen molar-refractivity contribution < 1.29 is 4.74 Å². The Balaban J connectivity index is 1.72. The normalized spacial score (nSPS) is 15.4. The molecule has 30 heavy (non-hydrogen) atoms. The fourth-order valence-corrected chi connectivity index (χ4v) is 5.33. The molecule has 0 saturated heterocycles. The summed E-state index contributed by atoms with van der Waals surface area (Å²) < 4.78 is 7.82. The summed E-state index contributed by atoms with van der Waals surface area (Å²) in [5.74, 6) is 0.906. The quantitative estimate of drug-likeness (QED) is 0.594. The van der Waals surface area contributed by atoms with E-state index in [4.69, 9.17) is 4.74 Å². The molecule has 0 fully saturated rings. The Kier molecular flexibility index (Phi) is 5.20. The van der Waals surface area contributed by atoms with Gasteiger partial charge in [-0.3, -0.25) is 4.79 Å². The van der Waals surface area contributed by atoms with Crippen molar-refractivity contribution in [2.45, 2.75) is 57.9 Å². The third kappa shape index (κ3) is 3.36. The van der Waals surface area contributed by atoms with Gasteiger partial charge in [-0.15, -0.1) is 0 Å². The van der Waals surface area contributed by atoms with E-state index in [9.17, 15) is 4.79 Å². The van der Waals surface area contributed by atoms with Crippen LogP contribution in [-0.2, 0) is 32.2 Å². The first-order chi connectivity index (χ1) is 14.8. The first-order valence-corrected chi connectivity index (χ1v) is 11.2. The van der Waals surface area contributed by atoms with E-state index >= 15 is 0 Å². The molecular formula is C27H29NO2. The van der Waals surface area contributed by atoms with Gasteiger partial charge in [-0.25, -0.2) is 0 Å². The molecule has 0 spiro atoms. The molecule has 0 unspecified atom stereocenters. The third-order valence-electron chi connectivity index (χ3n) is 6.79. The number of methoxy groups -OCH3 is 1. The first kappa shape index (κ1) is 19.2. The van der Waals surface area contributed by atoms with Crippen molar-refractivity contribution >= 4 is 0 Å². The molecule has 5 rings (SSSR count). The number of rotatable bonds is 4. The maximum atomic E-state index is 13.4. The van der Waals surface area contributed by atoms with Gasteiger partial charge in [0.2, 0.25) is 0 Å². The van der Waals surface area contributed by atoms with Gasteiger partial charge >= 0.3 is 0 Å². The molecule has 0 aliphatic heterocycles. The molecule has 154 valence electrons. The molecule has 3 aromatic rings. The van der Waals surface area contributed by atoms with E-state index in [1.807, 2.05) is 28.8 Å². The van der Waals surface area contributed by atoms with Crippen molar-refractivity contribution in [1.29, 1.82) is 0 Å². The highest BCUT2D eigenvalue weighted by Crippen LogP contribution is 2.41. The molecule has 1 aromatic heterocycles. The Hall–Kier alpha value is -2.81. The fourth-order valence-electron chi connectivity index (χ4n) is 5.33. The number of aromatic nitrogens is 1. The van der Waals surface area contributed by atoms with Gasteiger partial charge in [-0.2, -0.15) is 0 Å². The summed E-state index contributed by atoms with van der Waals surface area (Å²) in [6.07, 6.45) is 8.99. The number of ether oxygens (including phenoxy) is 1. The van der Waals surface area contributed by atoms with Gasteiger partial charge in [0, 0.05) is 17.3 Å². The van der Waals surface area contributed by atoms with Crippen molar-refractivity contribution in [3.05, 3.63) is 86.8 Å². The highest BCUT2D eigenvalue weighted by atomic mass is 16.5. The summed E-state index contributed by atoms with van der Waals surface area (Å²) in [4.78, 5) is 13.4. The number of pyridine rings is 1. The molecule has 1 heterocycles. The average molecular weight is 400 g/mol. The molecule has 0 bridgehead atoms. The number of hydrogen-bond acceptors (Lipinski definition) is 2. The predicted molar refractivity (Wildman–Crippen MR) is 122 cm³/mol. The molecule has 3 heteroatoms. The lowest BCUT2D eigenvalue weighted by Gasteiger charge is -2.27. The van der Waals surface area contributed by atoms with E-state index in [1.54, 1.807) is 7.11 Å². The highest BCUT2D eigenvalue weighted by molar-refractivity contribution is 5.78. The zero-order valence-electron chi connectivity index (χ0n) is 17.7. The van der Waals surface area contributed by atoms with Gasteiger partial charge in [0.05, 0.1) is 13.7 Å². The van der Waals surface area contributed by atoms with E-state index in [0.29, 0.717) is 6.54 Å². The summed E-state index contributed by atoms with van der Waals surface area (Å²) in [6.45, 7) is 0.645. The van der Waals surface area contributed by atoms with Crippen molar-refractivity contribution in [2.24, 2.45) is 0 Å². The minimum Gasteiger partial charge on any atom is -0.496 e. The zero-order chi connectivity index (χ0) is 20.5. The number of hydrogen-bond donors (Lipinski definition) is 0. The number of benzene rings is 2. The zero-order valence-corrected chi connectivity index (χ0v) is 17.7. The molecule has 0 amide bonds. The van der Waals surface area contributed by atoms with Crippen LogP contribution in [0.1, 0.15) is 53.6 Å². The third-order valence-corrected chi connectivity index (χ3v) is 6.79. The van der Waals surface area contributed by atoms with E-state index in [2.05, 4.69) is 24.3 Å². The summed E-state index contributed by atoms with van der Waals surface area (Å²) in [5.41, 5.74) is 8.98. The van der Waals surface area contributed by atoms with E-state index < -0.39 is 0 Å². The molecule has 2 aliphatic rings. The van der Waals surface area contributed by atoms with Crippen LogP contribution in [0, 0.1) is 0 Å². The Morgan fingerprint density at radius 2 is 1.60 bits per heavy atom. The summed E-state index contributed by atoms with van der Waals surface area (Å²) in [5, 5.41) is 0. The average Bonchev–Trinajstić information content (AvgIpc) is 2.80. The van der Waals surface area contributed by atoms with Crippen LogP contribution in [0.2, 0.25) is 0 Å². The second-order valence-corrected chi connectivity index (χ2v) is 8.59. The second kappa shape index (κ2) is 8.14. The van der Waals surface area contributed by atoms with Gasteiger partial charge < -0.3 is 9.30 Å². The van der Waals surface area contributed by atoms with Gasteiger partial charge in [0.25, 0.3) is 5.56 Å². The smallest absolute Gasteiger partial charge is 0.251 e. The van der Waals surface area contributed by atoms with Gasteiger partial charge in [-0.05, 0) is 85.3 Å². The lowest BCUT2D eigenvalue weighted by Crippen LogP contribution is -2.27. The van der Waals surface area contributed by atoms with Crippen LogP contribution in [0.3, 0.4) is 0 Å². The largest absolute Gasteiger partial charge is 0.496 e. The standard InChI is InChI=1S/C27H29NO2/c1-30-25-16-15-20-11-5-6-12-21(20)27(25)23-17-26(29)28(18-19-9-3-2-4-10-19)24-14-8-7-13-22(23)24/h2-4,9-10,15-17H,5-8,11-14,18H2,1H3.